The standard InChI is InChI=1S/C32H68N2O2/c1-5-7-9-11-13-15-17-19-21-23-28-35-30-32(31(34(3)4)26-25-27-33)36-29-24-22-20-18-16-14-12-10-8-6-2/h31-32H,5-30,33H2,1-4H3. The maximum absolute atomic E-state index is 6.43. The summed E-state index contributed by atoms with van der Waals surface area (Å²) in [5.41, 5.74) is 5.82. The smallest absolute Gasteiger partial charge is 0.0962 e. The van der Waals surface area contributed by atoms with Crippen molar-refractivity contribution in [2.24, 2.45) is 5.73 Å². The zero-order valence-electron chi connectivity index (χ0n) is 25.4. The molecule has 2 unspecified atom stereocenters. The lowest BCUT2D eigenvalue weighted by molar-refractivity contribution is -0.0574. The van der Waals surface area contributed by atoms with E-state index >= 15 is 0 Å². The zero-order chi connectivity index (χ0) is 26.5. The van der Waals surface area contributed by atoms with Gasteiger partial charge in [0.25, 0.3) is 0 Å². The van der Waals surface area contributed by atoms with Crippen LogP contribution in [0.25, 0.3) is 0 Å². The molecule has 36 heavy (non-hydrogen) atoms. The Kier molecular flexibility index (Phi) is 29.3. The van der Waals surface area contributed by atoms with Crippen LogP contribution in [-0.4, -0.2) is 57.5 Å². The monoisotopic (exact) mass is 513 g/mol. The molecule has 2 N–H and O–H groups in total. The second-order valence-electron chi connectivity index (χ2n) is 11.3. The molecule has 0 spiro atoms. The van der Waals surface area contributed by atoms with E-state index < -0.39 is 0 Å². The lowest BCUT2D eigenvalue weighted by atomic mass is 10.0. The van der Waals surface area contributed by atoms with Crippen LogP contribution in [0.3, 0.4) is 0 Å². The minimum absolute atomic E-state index is 0.147. The van der Waals surface area contributed by atoms with E-state index in [-0.39, 0.29) is 6.10 Å². The molecule has 0 saturated heterocycles. The highest BCUT2D eigenvalue weighted by atomic mass is 16.5. The van der Waals surface area contributed by atoms with Gasteiger partial charge in [-0.05, 0) is 46.3 Å². The molecule has 0 radical (unpaired) electrons. The van der Waals surface area contributed by atoms with Gasteiger partial charge in [0.05, 0.1) is 12.7 Å². The van der Waals surface area contributed by atoms with Crippen molar-refractivity contribution in [3.63, 3.8) is 0 Å². The number of ether oxygens (including phenoxy) is 2. The Morgan fingerprint density at radius 3 is 1.39 bits per heavy atom. The lowest BCUT2D eigenvalue weighted by Gasteiger charge is -2.32. The summed E-state index contributed by atoms with van der Waals surface area (Å²) >= 11 is 0. The van der Waals surface area contributed by atoms with Crippen LogP contribution in [0.4, 0.5) is 0 Å². The van der Waals surface area contributed by atoms with Crippen LogP contribution in [0, 0.1) is 0 Å². The first kappa shape index (κ1) is 35.8. The Morgan fingerprint density at radius 2 is 0.972 bits per heavy atom. The van der Waals surface area contributed by atoms with Gasteiger partial charge in [0.1, 0.15) is 0 Å². The van der Waals surface area contributed by atoms with Gasteiger partial charge < -0.3 is 20.1 Å². The molecule has 0 aromatic heterocycles. The van der Waals surface area contributed by atoms with Gasteiger partial charge in [0.15, 0.2) is 0 Å². The minimum Gasteiger partial charge on any atom is -0.379 e. The molecule has 2 atom stereocenters. The number of nitrogens with two attached hydrogens (primary N) is 1. The summed E-state index contributed by atoms with van der Waals surface area (Å²) in [5, 5.41) is 0. The van der Waals surface area contributed by atoms with E-state index in [4.69, 9.17) is 15.2 Å². The Morgan fingerprint density at radius 1 is 0.556 bits per heavy atom. The average Bonchev–Trinajstić information content (AvgIpc) is 2.87. The van der Waals surface area contributed by atoms with Crippen molar-refractivity contribution in [3.8, 4) is 0 Å². The van der Waals surface area contributed by atoms with Crippen molar-refractivity contribution in [2.75, 3.05) is 40.5 Å². The maximum Gasteiger partial charge on any atom is 0.0962 e. The fourth-order valence-corrected chi connectivity index (χ4v) is 5.09. The van der Waals surface area contributed by atoms with E-state index in [0.717, 1.165) is 32.6 Å². The van der Waals surface area contributed by atoms with Crippen LogP contribution in [0.1, 0.15) is 155 Å². The van der Waals surface area contributed by atoms with Crippen molar-refractivity contribution in [1.29, 1.82) is 0 Å². The fourth-order valence-electron chi connectivity index (χ4n) is 5.09. The second-order valence-corrected chi connectivity index (χ2v) is 11.3. The number of nitrogens with zero attached hydrogens (tertiary/aromatic N) is 1. The lowest BCUT2D eigenvalue weighted by Crippen LogP contribution is -2.43. The molecule has 0 bridgehead atoms. The number of rotatable bonds is 30. The van der Waals surface area contributed by atoms with Crippen molar-refractivity contribution in [1.82, 2.24) is 4.90 Å². The van der Waals surface area contributed by atoms with Crippen molar-refractivity contribution in [3.05, 3.63) is 0 Å². The quantitative estimate of drug-likeness (QED) is 0.0976. The summed E-state index contributed by atoms with van der Waals surface area (Å²) < 4.78 is 12.6. The first-order chi connectivity index (χ1) is 17.7. The summed E-state index contributed by atoms with van der Waals surface area (Å²) in [6.45, 7) is 7.76. The highest BCUT2D eigenvalue weighted by Crippen LogP contribution is 2.16. The zero-order valence-corrected chi connectivity index (χ0v) is 25.4. The van der Waals surface area contributed by atoms with Crippen molar-refractivity contribution >= 4 is 0 Å². The van der Waals surface area contributed by atoms with Crippen molar-refractivity contribution in [2.45, 2.75) is 167 Å². The molecule has 0 aliphatic carbocycles. The molecule has 0 amide bonds. The van der Waals surface area contributed by atoms with Gasteiger partial charge in [-0.2, -0.15) is 0 Å². The molecule has 0 aromatic carbocycles. The average molecular weight is 513 g/mol. The Balaban J connectivity index is 4.03. The Bertz CT molecular complexity index is 406. The van der Waals surface area contributed by atoms with Crippen LogP contribution >= 0.6 is 0 Å². The molecule has 0 rings (SSSR count). The van der Waals surface area contributed by atoms with E-state index in [9.17, 15) is 0 Å². The predicted molar refractivity (Wildman–Crippen MR) is 160 cm³/mol. The van der Waals surface area contributed by atoms with E-state index in [2.05, 4.69) is 32.8 Å². The second kappa shape index (κ2) is 29.4. The third-order valence-corrected chi connectivity index (χ3v) is 7.55. The molecule has 0 aliphatic heterocycles. The molecular weight excluding hydrogens is 444 g/mol. The molecule has 0 aliphatic rings. The van der Waals surface area contributed by atoms with Gasteiger partial charge in [0.2, 0.25) is 0 Å². The summed E-state index contributed by atoms with van der Waals surface area (Å²) in [6.07, 6.45) is 29.5. The maximum atomic E-state index is 6.43. The molecule has 0 heterocycles. The van der Waals surface area contributed by atoms with E-state index in [0.29, 0.717) is 12.6 Å². The Hall–Kier alpha value is -0.160. The summed E-state index contributed by atoms with van der Waals surface area (Å²) in [6, 6.07) is 0.379. The van der Waals surface area contributed by atoms with E-state index in [1.807, 2.05) is 0 Å². The van der Waals surface area contributed by atoms with Crippen LogP contribution in [0.15, 0.2) is 0 Å². The highest BCUT2D eigenvalue weighted by Gasteiger charge is 2.24. The molecule has 0 saturated carbocycles. The fraction of sp³-hybridized carbons (Fsp3) is 1.00. The van der Waals surface area contributed by atoms with E-state index in [1.54, 1.807) is 0 Å². The van der Waals surface area contributed by atoms with Crippen LogP contribution in [0.5, 0.6) is 0 Å². The third-order valence-electron chi connectivity index (χ3n) is 7.55. The van der Waals surface area contributed by atoms with Crippen LogP contribution in [-0.2, 0) is 9.47 Å². The molecular formula is C32H68N2O2. The minimum atomic E-state index is 0.147. The summed E-state index contributed by atoms with van der Waals surface area (Å²) in [5.74, 6) is 0. The first-order valence-electron chi connectivity index (χ1n) is 16.2. The molecule has 0 aromatic rings. The SMILES string of the molecule is CCCCCCCCCCCCOCC(OCCCCCCCCCCCC)C(CCCN)N(C)C. The molecule has 218 valence electrons. The summed E-state index contributed by atoms with van der Waals surface area (Å²) in [7, 11) is 4.33. The molecule has 4 nitrogen and oxygen atoms in total. The van der Waals surface area contributed by atoms with Gasteiger partial charge in [-0.1, -0.05) is 129 Å². The van der Waals surface area contributed by atoms with E-state index in [1.165, 1.54) is 128 Å². The topological polar surface area (TPSA) is 47.7 Å². The van der Waals surface area contributed by atoms with Crippen molar-refractivity contribution < 1.29 is 9.47 Å². The highest BCUT2D eigenvalue weighted by molar-refractivity contribution is 4.77. The number of likely N-dealkylation sites (N-methyl/N-ethyl adjacent to an activating group) is 1. The third kappa shape index (κ3) is 24.2. The van der Waals surface area contributed by atoms with Gasteiger partial charge in [0, 0.05) is 19.3 Å². The number of unbranched alkanes of at least 4 members (excludes halogenated alkanes) is 18. The van der Waals surface area contributed by atoms with Gasteiger partial charge in [-0.3, -0.25) is 0 Å². The van der Waals surface area contributed by atoms with Gasteiger partial charge in [-0.25, -0.2) is 0 Å². The predicted octanol–water partition coefficient (Wildman–Crippen LogP) is 8.90. The molecule has 0 fully saturated rings. The Labute approximate surface area is 227 Å². The first-order valence-corrected chi connectivity index (χ1v) is 16.2. The van der Waals surface area contributed by atoms with Crippen LogP contribution in [0.2, 0.25) is 0 Å². The normalized spacial score (nSPS) is 13.5. The van der Waals surface area contributed by atoms with Gasteiger partial charge in [-0.15, -0.1) is 0 Å². The van der Waals surface area contributed by atoms with Crippen LogP contribution < -0.4 is 5.73 Å². The number of hydrogen-bond acceptors (Lipinski definition) is 4. The summed E-state index contributed by atoms with van der Waals surface area (Å²) in [4.78, 5) is 2.31. The largest absolute Gasteiger partial charge is 0.379 e. The van der Waals surface area contributed by atoms with Gasteiger partial charge >= 0.3 is 0 Å². The molecule has 4 heteroatoms. The number of hydrogen-bond donors (Lipinski definition) is 1.